The van der Waals surface area contributed by atoms with E-state index in [1.165, 1.54) is 7.11 Å². The van der Waals surface area contributed by atoms with Gasteiger partial charge in [-0.25, -0.2) is 0 Å². The van der Waals surface area contributed by atoms with Gasteiger partial charge >= 0.3 is 5.97 Å². The molecule has 4 nitrogen and oxygen atoms in total. The van der Waals surface area contributed by atoms with E-state index in [0.29, 0.717) is 6.42 Å². The summed E-state index contributed by atoms with van der Waals surface area (Å²) in [5.41, 5.74) is 3.22. The van der Waals surface area contributed by atoms with Crippen molar-refractivity contribution in [3.8, 4) is 11.5 Å². The van der Waals surface area contributed by atoms with Gasteiger partial charge in [-0.2, -0.15) is 0 Å². The van der Waals surface area contributed by atoms with Gasteiger partial charge in [0.15, 0.2) is 0 Å². The van der Waals surface area contributed by atoms with E-state index in [2.05, 4.69) is 4.74 Å². The van der Waals surface area contributed by atoms with Crippen LogP contribution in [0.1, 0.15) is 29.5 Å². The highest BCUT2D eigenvalue weighted by molar-refractivity contribution is 5.69. The number of benzene rings is 1. The molecule has 0 N–H and O–H groups in total. The Morgan fingerprint density at radius 2 is 1.79 bits per heavy atom. The fourth-order valence-electron chi connectivity index (χ4n) is 2.14. The third kappa shape index (κ3) is 3.63. The average molecular weight is 266 g/mol. The number of hydrogen-bond acceptors (Lipinski definition) is 4. The Balaban J connectivity index is 2.92. The molecule has 0 aliphatic heterocycles. The summed E-state index contributed by atoms with van der Waals surface area (Å²) in [6.45, 7) is 4.02. The van der Waals surface area contributed by atoms with E-state index in [1.807, 2.05) is 19.9 Å². The largest absolute Gasteiger partial charge is 0.496 e. The first-order chi connectivity index (χ1) is 9.04. The van der Waals surface area contributed by atoms with Gasteiger partial charge in [0.25, 0.3) is 0 Å². The van der Waals surface area contributed by atoms with E-state index in [-0.39, 0.29) is 5.97 Å². The number of methoxy groups -OCH3 is 3. The zero-order valence-corrected chi connectivity index (χ0v) is 12.3. The fraction of sp³-hybridized carbons (Fsp3) is 0.533. The van der Waals surface area contributed by atoms with Gasteiger partial charge in [0, 0.05) is 6.42 Å². The zero-order valence-electron chi connectivity index (χ0n) is 12.3. The van der Waals surface area contributed by atoms with E-state index in [4.69, 9.17) is 9.47 Å². The van der Waals surface area contributed by atoms with E-state index < -0.39 is 0 Å². The van der Waals surface area contributed by atoms with Crippen LogP contribution in [0.3, 0.4) is 0 Å². The summed E-state index contributed by atoms with van der Waals surface area (Å²) in [4.78, 5) is 11.1. The first kappa shape index (κ1) is 15.3. The molecule has 0 aromatic heterocycles. The topological polar surface area (TPSA) is 44.8 Å². The lowest BCUT2D eigenvalue weighted by Gasteiger charge is -2.16. The van der Waals surface area contributed by atoms with Gasteiger partial charge in [0.1, 0.15) is 11.5 Å². The molecule has 19 heavy (non-hydrogen) atoms. The Bertz CT molecular complexity index is 452. The minimum Gasteiger partial charge on any atom is -0.496 e. The molecule has 0 aliphatic rings. The molecule has 1 rings (SSSR count). The first-order valence-electron chi connectivity index (χ1n) is 6.33. The first-order valence-corrected chi connectivity index (χ1v) is 6.33. The molecule has 1 aromatic carbocycles. The molecule has 0 radical (unpaired) electrons. The molecule has 0 atom stereocenters. The second-order valence-electron chi connectivity index (χ2n) is 4.45. The molecule has 0 bridgehead atoms. The van der Waals surface area contributed by atoms with Crippen molar-refractivity contribution in [3.05, 3.63) is 22.8 Å². The lowest BCUT2D eigenvalue weighted by molar-refractivity contribution is -0.140. The van der Waals surface area contributed by atoms with Crippen LogP contribution in [0.2, 0.25) is 0 Å². The highest BCUT2D eigenvalue weighted by atomic mass is 16.5. The summed E-state index contributed by atoms with van der Waals surface area (Å²) in [7, 11) is 4.73. The summed E-state index contributed by atoms with van der Waals surface area (Å²) in [5, 5.41) is 0. The van der Waals surface area contributed by atoms with Crippen molar-refractivity contribution in [1.82, 2.24) is 0 Å². The average Bonchev–Trinajstić information content (AvgIpc) is 2.42. The van der Waals surface area contributed by atoms with Crippen LogP contribution in [0.25, 0.3) is 0 Å². The van der Waals surface area contributed by atoms with Crippen LogP contribution in [0.4, 0.5) is 0 Å². The molecular formula is C15H22O4. The summed E-state index contributed by atoms with van der Waals surface area (Å²) in [5.74, 6) is 1.55. The van der Waals surface area contributed by atoms with Crippen LogP contribution in [-0.4, -0.2) is 27.3 Å². The second-order valence-corrected chi connectivity index (χ2v) is 4.45. The predicted octanol–water partition coefficient (Wildman–Crippen LogP) is 2.82. The standard InChI is InChI=1S/C15H22O4/c1-10-11(2)15(19-5)12(9-13(10)17-3)7-6-8-14(16)18-4/h9H,6-8H2,1-5H3. The normalized spacial score (nSPS) is 10.2. The number of carbonyl (C=O) groups excluding carboxylic acids is 1. The summed E-state index contributed by atoms with van der Waals surface area (Å²) in [6, 6.07) is 1.98. The molecule has 0 spiro atoms. The number of esters is 1. The Morgan fingerprint density at radius 1 is 1.11 bits per heavy atom. The molecule has 0 fully saturated rings. The molecule has 106 valence electrons. The second kappa shape index (κ2) is 7.02. The number of hydrogen-bond donors (Lipinski definition) is 0. The van der Waals surface area contributed by atoms with Crippen molar-refractivity contribution in [1.29, 1.82) is 0 Å². The van der Waals surface area contributed by atoms with Gasteiger partial charge in [0.05, 0.1) is 21.3 Å². The third-order valence-electron chi connectivity index (χ3n) is 3.35. The summed E-state index contributed by atoms with van der Waals surface area (Å²) < 4.78 is 15.5. The smallest absolute Gasteiger partial charge is 0.305 e. The number of carbonyl (C=O) groups is 1. The predicted molar refractivity (Wildman–Crippen MR) is 74.0 cm³/mol. The van der Waals surface area contributed by atoms with Gasteiger partial charge in [-0.1, -0.05) is 0 Å². The maximum absolute atomic E-state index is 11.1. The maximum Gasteiger partial charge on any atom is 0.305 e. The van der Waals surface area contributed by atoms with Crippen LogP contribution >= 0.6 is 0 Å². The Labute approximate surface area is 114 Å². The van der Waals surface area contributed by atoms with Crippen molar-refractivity contribution in [2.24, 2.45) is 0 Å². The number of rotatable bonds is 6. The Morgan fingerprint density at radius 3 is 2.32 bits per heavy atom. The van der Waals surface area contributed by atoms with Gasteiger partial charge in [-0.05, 0) is 49.4 Å². The monoisotopic (exact) mass is 266 g/mol. The van der Waals surface area contributed by atoms with Crippen LogP contribution in [0.15, 0.2) is 6.07 Å². The van der Waals surface area contributed by atoms with Gasteiger partial charge < -0.3 is 14.2 Å². The van der Waals surface area contributed by atoms with Gasteiger partial charge in [-0.15, -0.1) is 0 Å². The molecule has 0 aliphatic carbocycles. The third-order valence-corrected chi connectivity index (χ3v) is 3.35. The molecule has 0 amide bonds. The van der Waals surface area contributed by atoms with Crippen LogP contribution in [0, 0.1) is 13.8 Å². The van der Waals surface area contributed by atoms with Crippen molar-refractivity contribution in [3.63, 3.8) is 0 Å². The SMILES string of the molecule is COC(=O)CCCc1cc(OC)c(C)c(C)c1OC. The number of aryl methyl sites for hydroxylation is 1. The minimum absolute atomic E-state index is 0.185. The van der Waals surface area contributed by atoms with Crippen LogP contribution in [-0.2, 0) is 16.0 Å². The lowest BCUT2D eigenvalue weighted by Crippen LogP contribution is -2.03. The molecule has 4 heteroatoms. The molecule has 0 unspecified atom stereocenters. The van der Waals surface area contributed by atoms with E-state index in [1.54, 1.807) is 14.2 Å². The summed E-state index contributed by atoms with van der Waals surface area (Å²) >= 11 is 0. The van der Waals surface area contributed by atoms with Crippen LogP contribution in [0.5, 0.6) is 11.5 Å². The fourth-order valence-corrected chi connectivity index (χ4v) is 2.14. The van der Waals surface area contributed by atoms with Crippen molar-refractivity contribution >= 4 is 5.97 Å². The van der Waals surface area contributed by atoms with E-state index >= 15 is 0 Å². The molecule has 0 saturated heterocycles. The quantitative estimate of drug-likeness (QED) is 0.743. The molecule has 1 aromatic rings. The number of ether oxygens (including phenoxy) is 3. The molecule has 0 saturated carbocycles. The summed E-state index contributed by atoms with van der Waals surface area (Å²) in [6.07, 6.45) is 1.90. The van der Waals surface area contributed by atoms with E-state index in [0.717, 1.165) is 41.0 Å². The minimum atomic E-state index is -0.185. The molecular weight excluding hydrogens is 244 g/mol. The van der Waals surface area contributed by atoms with Crippen molar-refractivity contribution < 1.29 is 19.0 Å². The van der Waals surface area contributed by atoms with Crippen LogP contribution < -0.4 is 9.47 Å². The highest BCUT2D eigenvalue weighted by Gasteiger charge is 2.14. The Hall–Kier alpha value is -1.71. The van der Waals surface area contributed by atoms with Gasteiger partial charge in [0.2, 0.25) is 0 Å². The van der Waals surface area contributed by atoms with Crippen molar-refractivity contribution in [2.45, 2.75) is 33.1 Å². The van der Waals surface area contributed by atoms with Crippen molar-refractivity contribution in [2.75, 3.05) is 21.3 Å². The molecule has 0 heterocycles. The Kier molecular flexibility index (Phi) is 5.67. The zero-order chi connectivity index (χ0) is 14.4. The van der Waals surface area contributed by atoms with E-state index in [9.17, 15) is 4.79 Å². The van der Waals surface area contributed by atoms with Gasteiger partial charge in [-0.3, -0.25) is 4.79 Å². The highest BCUT2D eigenvalue weighted by Crippen LogP contribution is 2.34. The maximum atomic E-state index is 11.1. The lowest BCUT2D eigenvalue weighted by atomic mass is 9.99.